The predicted molar refractivity (Wildman–Crippen MR) is 123 cm³/mol. The topological polar surface area (TPSA) is 89.8 Å². The quantitative estimate of drug-likeness (QED) is 0.426. The highest BCUT2D eigenvalue weighted by Crippen LogP contribution is 2.32. The summed E-state index contributed by atoms with van der Waals surface area (Å²) < 4.78 is 16.6. The van der Waals surface area contributed by atoms with E-state index in [2.05, 4.69) is 4.98 Å². The van der Waals surface area contributed by atoms with Gasteiger partial charge in [-0.25, -0.2) is 19.3 Å². The minimum Gasteiger partial charge on any atom is -0.389 e. The van der Waals surface area contributed by atoms with Crippen LogP contribution in [0, 0.1) is 5.82 Å². The van der Waals surface area contributed by atoms with Crippen LogP contribution in [0.2, 0.25) is 0 Å². The number of hydrogen-bond acceptors (Lipinski definition) is 5. The first-order chi connectivity index (χ1) is 15.5. The Labute approximate surface area is 183 Å². The van der Waals surface area contributed by atoms with Crippen LogP contribution in [0.5, 0.6) is 0 Å². The normalized spacial score (nSPS) is 12.2. The van der Waals surface area contributed by atoms with Crippen LogP contribution in [-0.2, 0) is 0 Å². The zero-order valence-electron chi connectivity index (χ0n) is 17.3. The molecule has 0 aliphatic heterocycles. The number of nitrogens with two attached hydrogens (primary N) is 1. The summed E-state index contributed by atoms with van der Waals surface area (Å²) in [6, 6.07) is 21.9. The van der Waals surface area contributed by atoms with Gasteiger partial charge in [0, 0.05) is 17.3 Å². The van der Waals surface area contributed by atoms with Gasteiger partial charge in [-0.05, 0) is 43.3 Å². The summed E-state index contributed by atoms with van der Waals surface area (Å²) in [5.74, 6) is 0.310. The van der Waals surface area contributed by atoms with Gasteiger partial charge in [-0.15, -0.1) is 0 Å². The van der Waals surface area contributed by atoms with E-state index in [1.54, 1.807) is 29.0 Å². The molecule has 6 nitrogen and oxygen atoms in total. The number of halogens is 1. The van der Waals surface area contributed by atoms with Crippen molar-refractivity contribution in [3.05, 3.63) is 90.4 Å². The lowest BCUT2D eigenvalue weighted by Gasteiger charge is -2.13. The Kier molecular flexibility index (Phi) is 4.88. The van der Waals surface area contributed by atoms with Crippen molar-refractivity contribution in [3.63, 3.8) is 0 Å². The van der Waals surface area contributed by atoms with Gasteiger partial charge >= 0.3 is 0 Å². The minimum atomic E-state index is -0.917. The van der Waals surface area contributed by atoms with E-state index < -0.39 is 11.9 Å². The van der Waals surface area contributed by atoms with Crippen LogP contribution in [-0.4, -0.2) is 24.6 Å². The van der Waals surface area contributed by atoms with Gasteiger partial charge in [0.05, 0.1) is 23.0 Å². The summed E-state index contributed by atoms with van der Waals surface area (Å²) in [6.07, 6.45) is 0.689. The lowest BCUT2D eigenvalue weighted by molar-refractivity contribution is 0.194. The fraction of sp³-hybridized carbons (Fsp3) is 0.0800. The standard InChI is InChI=1S/C25H20FN5O/c1-15(32)18-10-9-17(14-20(18)26)31-24(19-8-5-13-28-23(19)27)30-22-12-11-21(29-25(22)31)16-6-3-2-4-7-16/h2-15,32H,1H3,(H2,27,28). The monoisotopic (exact) mass is 425 g/mol. The molecule has 0 spiro atoms. The molecule has 0 radical (unpaired) electrons. The molecule has 0 aliphatic rings. The number of nitrogens with zero attached hydrogens (tertiary/aromatic N) is 4. The Morgan fingerprint density at radius 3 is 2.50 bits per heavy atom. The van der Waals surface area contributed by atoms with Gasteiger partial charge in [-0.1, -0.05) is 36.4 Å². The fourth-order valence-electron chi connectivity index (χ4n) is 3.75. The number of benzene rings is 2. The summed E-state index contributed by atoms with van der Waals surface area (Å²) >= 11 is 0. The molecular weight excluding hydrogens is 405 g/mol. The highest BCUT2D eigenvalue weighted by Gasteiger charge is 2.20. The number of aromatic nitrogens is 4. The van der Waals surface area contributed by atoms with E-state index in [1.807, 2.05) is 48.5 Å². The first-order valence-electron chi connectivity index (χ1n) is 10.2. The first kappa shape index (κ1) is 19.8. The molecule has 5 aromatic rings. The van der Waals surface area contributed by atoms with Gasteiger partial charge in [-0.3, -0.25) is 4.57 Å². The molecule has 0 amide bonds. The van der Waals surface area contributed by atoms with Crippen molar-refractivity contribution >= 4 is 17.0 Å². The second-order valence-electron chi connectivity index (χ2n) is 7.49. The number of imidazole rings is 1. The molecule has 3 N–H and O–H groups in total. The molecule has 0 aliphatic carbocycles. The molecule has 1 atom stereocenters. The number of rotatable bonds is 4. The van der Waals surface area contributed by atoms with E-state index in [1.165, 1.54) is 13.0 Å². The maximum atomic E-state index is 14.8. The number of nitrogen functional groups attached to an aromatic ring is 1. The molecule has 0 saturated heterocycles. The number of anilines is 1. The van der Waals surface area contributed by atoms with Crippen LogP contribution in [0.25, 0.3) is 39.5 Å². The van der Waals surface area contributed by atoms with Crippen LogP contribution in [0.3, 0.4) is 0 Å². The molecular formula is C25H20FN5O. The average Bonchev–Trinajstić information content (AvgIpc) is 3.18. The minimum absolute atomic E-state index is 0.221. The molecule has 32 heavy (non-hydrogen) atoms. The Morgan fingerprint density at radius 2 is 1.78 bits per heavy atom. The molecule has 0 fully saturated rings. The number of pyridine rings is 2. The summed E-state index contributed by atoms with van der Waals surface area (Å²) in [5.41, 5.74) is 10.4. The van der Waals surface area contributed by atoms with Crippen molar-refractivity contribution in [1.29, 1.82) is 0 Å². The van der Waals surface area contributed by atoms with Crippen molar-refractivity contribution in [2.45, 2.75) is 13.0 Å². The van der Waals surface area contributed by atoms with Crippen LogP contribution in [0.4, 0.5) is 10.2 Å². The third-order valence-electron chi connectivity index (χ3n) is 5.35. The summed E-state index contributed by atoms with van der Waals surface area (Å²) in [7, 11) is 0. The van der Waals surface area contributed by atoms with Crippen LogP contribution < -0.4 is 5.73 Å². The molecule has 7 heteroatoms. The molecule has 0 saturated carbocycles. The lowest BCUT2D eigenvalue weighted by Crippen LogP contribution is -2.04. The maximum Gasteiger partial charge on any atom is 0.165 e. The zero-order valence-corrected chi connectivity index (χ0v) is 17.3. The van der Waals surface area contributed by atoms with Gasteiger partial charge in [0.15, 0.2) is 11.5 Å². The fourth-order valence-corrected chi connectivity index (χ4v) is 3.75. The van der Waals surface area contributed by atoms with Crippen molar-refractivity contribution in [2.75, 3.05) is 5.73 Å². The largest absolute Gasteiger partial charge is 0.389 e. The molecule has 1 unspecified atom stereocenters. The molecule has 158 valence electrons. The molecule has 2 aromatic carbocycles. The van der Waals surface area contributed by atoms with Crippen molar-refractivity contribution in [2.24, 2.45) is 0 Å². The van der Waals surface area contributed by atoms with Gasteiger partial charge in [-0.2, -0.15) is 0 Å². The first-order valence-corrected chi connectivity index (χ1v) is 10.2. The predicted octanol–water partition coefficient (Wildman–Crippen LogP) is 4.92. The second kappa shape index (κ2) is 7.86. The van der Waals surface area contributed by atoms with Crippen molar-refractivity contribution in [1.82, 2.24) is 19.5 Å². The zero-order chi connectivity index (χ0) is 22.2. The van der Waals surface area contributed by atoms with E-state index in [0.29, 0.717) is 34.1 Å². The molecule has 3 aromatic heterocycles. The number of hydrogen-bond donors (Lipinski definition) is 2. The Bertz CT molecular complexity index is 1430. The smallest absolute Gasteiger partial charge is 0.165 e. The third kappa shape index (κ3) is 3.38. The van der Waals surface area contributed by atoms with Gasteiger partial charge in [0.1, 0.15) is 17.2 Å². The van der Waals surface area contributed by atoms with E-state index in [0.717, 1.165) is 11.3 Å². The van der Waals surface area contributed by atoms with Crippen LogP contribution >= 0.6 is 0 Å². The number of fused-ring (bicyclic) bond motifs is 1. The Hall–Kier alpha value is -4.10. The van der Waals surface area contributed by atoms with E-state index in [-0.39, 0.29) is 5.56 Å². The van der Waals surface area contributed by atoms with Gasteiger partial charge in [0.2, 0.25) is 0 Å². The summed E-state index contributed by atoms with van der Waals surface area (Å²) in [6.45, 7) is 1.53. The van der Waals surface area contributed by atoms with Crippen molar-refractivity contribution < 1.29 is 9.50 Å². The Morgan fingerprint density at radius 1 is 0.969 bits per heavy atom. The van der Waals surface area contributed by atoms with Crippen LogP contribution in [0.1, 0.15) is 18.6 Å². The summed E-state index contributed by atoms with van der Waals surface area (Å²) in [5, 5.41) is 9.83. The second-order valence-corrected chi connectivity index (χ2v) is 7.49. The number of aliphatic hydroxyl groups excluding tert-OH is 1. The highest BCUT2D eigenvalue weighted by atomic mass is 19.1. The van der Waals surface area contributed by atoms with Crippen molar-refractivity contribution in [3.8, 4) is 28.3 Å². The third-order valence-corrected chi connectivity index (χ3v) is 5.35. The Balaban J connectivity index is 1.80. The van der Waals surface area contributed by atoms with E-state index in [4.69, 9.17) is 15.7 Å². The molecule has 0 bridgehead atoms. The van der Waals surface area contributed by atoms with Gasteiger partial charge < -0.3 is 10.8 Å². The SMILES string of the molecule is CC(O)c1ccc(-n2c(-c3cccnc3N)nc3ccc(-c4ccccc4)nc32)cc1F. The maximum absolute atomic E-state index is 14.8. The average molecular weight is 425 g/mol. The van der Waals surface area contributed by atoms with Gasteiger partial charge in [0.25, 0.3) is 0 Å². The number of aliphatic hydroxyl groups is 1. The highest BCUT2D eigenvalue weighted by molar-refractivity contribution is 5.84. The van der Waals surface area contributed by atoms with E-state index in [9.17, 15) is 9.50 Å². The summed E-state index contributed by atoms with van der Waals surface area (Å²) in [4.78, 5) is 13.8. The lowest BCUT2D eigenvalue weighted by atomic mass is 10.1. The molecule has 3 heterocycles. The van der Waals surface area contributed by atoms with Crippen LogP contribution in [0.15, 0.2) is 79.0 Å². The molecule has 5 rings (SSSR count). The van der Waals surface area contributed by atoms with E-state index >= 15 is 0 Å².